The van der Waals surface area contributed by atoms with Gasteiger partial charge in [-0.1, -0.05) is 36.6 Å². The van der Waals surface area contributed by atoms with E-state index in [0.29, 0.717) is 24.3 Å². The maximum Gasteiger partial charge on any atom is 0.175 e. The molecule has 3 rings (SSSR count). The Balaban J connectivity index is 1.71. The van der Waals surface area contributed by atoms with Gasteiger partial charge in [-0.25, -0.2) is 0 Å². The molecule has 26 heavy (non-hydrogen) atoms. The van der Waals surface area contributed by atoms with Gasteiger partial charge < -0.3 is 14.8 Å². The SMILES string of the molecule is CCOc1cc(CNC2CCCC2)cc(Br)c1OCc1cccc(Cl)c1. The number of benzene rings is 2. The molecule has 1 N–H and O–H groups in total. The van der Waals surface area contributed by atoms with Crippen LogP contribution in [0.5, 0.6) is 11.5 Å². The van der Waals surface area contributed by atoms with Gasteiger partial charge >= 0.3 is 0 Å². The summed E-state index contributed by atoms with van der Waals surface area (Å²) in [4.78, 5) is 0. The normalized spacial score (nSPS) is 14.6. The molecule has 1 aliphatic carbocycles. The molecule has 0 aliphatic heterocycles. The van der Waals surface area contributed by atoms with Gasteiger partial charge in [-0.2, -0.15) is 0 Å². The van der Waals surface area contributed by atoms with Crippen LogP contribution in [0, 0.1) is 0 Å². The van der Waals surface area contributed by atoms with E-state index in [9.17, 15) is 0 Å². The van der Waals surface area contributed by atoms with Gasteiger partial charge in [-0.05, 0) is 71.1 Å². The summed E-state index contributed by atoms with van der Waals surface area (Å²) in [6.07, 6.45) is 5.23. The predicted molar refractivity (Wildman–Crippen MR) is 110 cm³/mol. The smallest absolute Gasteiger partial charge is 0.175 e. The number of nitrogens with one attached hydrogen (secondary N) is 1. The average Bonchev–Trinajstić information content (AvgIpc) is 3.13. The second-order valence-corrected chi connectivity index (χ2v) is 7.91. The third-order valence-electron chi connectivity index (χ3n) is 4.59. The number of hydrogen-bond acceptors (Lipinski definition) is 3. The Bertz CT molecular complexity index is 732. The lowest BCUT2D eigenvalue weighted by Crippen LogP contribution is -2.25. The summed E-state index contributed by atoms with van der Waals surface area (Å²) in [6.45, 7) is 3.87. The largest absolute Gasteiger partial charge is 0.490 e. The average molecular weight is 439 g/mol. The zero-order valence-corrected chi connectivity index (χ0v) is 17.4. The van der Waals surface area contributed by atoms with E-state index in [1.165, 1.54) is 31.2 Å². The van der Waals surface area contributed by atoms with Crippen LogP contribution in [-0.2, 0) is 13.2 Å². The molecular weight excluding hydrogens is 414 g/mol. The Hall–Kier alpha value is -1.23. The molecule has 0 bridgehead atoms. The molecule has 0 atom stereocenters. The van der Waals surface area contributed by atoms with Crippen molar-refractivity contribution in [2.24, 2.45) is 0 Å². The molecule has 2 aromatic carbocycles. The van der Waals surface area contributed by atoms with E-state index in [1.807, 2.05) is 31.2 Å². The first kappa shape index (κ1) is 19.5. The minimum Gasteiger partial charge on any atom is -0.490 e. The summed E-state index contributed by atoms with van der Waals surface area (Å²) in [5.74, 6) is 1.50. The van der Waals surface area contributed by atoms with Crippen LogP contribution in [0.4, 0.5) is 0 Å². The van der Waals surface area contributed by atoms with Crippen LogP contribution in [0.25, 0.3) is 0 Å². The van der Waals surface area contributed by atoms with Gasteiger partial charge in [0, 0.05) is 17.6 Å². The van der Waals surface area contributed by atoms with Crippen molar-refractivity contribution in [1.82, 2.24) is 5.32 Å². The van der Waals surface area contributed by atoms with Crippen molar-refractivity contribution in [1.29, 1.82) is 0 Å². The lowest BCUT2D eigenvalue weighted by molar-refractivity contribution is 0.267. The molecule has 0 saturated heterocycles. The Morgan fingerprint density at radius 3 is 2.65 bits per heavy atom. The van der Waals surface area contributed by atoms with Crippen molar-refractivity contribution in [2.75, 3.05) is 6.61 Å². The van der Waals surface area contributed by atoms with Gasteiger partial charge in [-0.3, -0.25) is 0 Å². The third-order valence-corrected chi connectivity index (χ3v) is 5.42. The van der Waals surface area contributed by atoms with E-state index in [4.69, 9.17) is 21.1 Å². The lowest BCUT2D eigenvalue weighted by Gasteiger charge is -2.17. The summed E-state index contributed by atoms with van der Waals surface area (Å²) < 4.78 is 12.8. The maximum absolute atomic E-state index is 6.05. The van der Waals surface area contributed by atoms with Crippen LogP contribution in [0.1, 0.15) is 43.7 Å². The molecule has 140 valence electrons. The van der Waals surface area contributed by atoms with E-state index in [1.54, 1.807) is 0 Å². The zero-order chi connectivity index (χ0) is 18.4. The van der Waals surface area contributed by atoms with Crippen molar-refractivity contribution in [3.05, 3.63) is 57.0 Å². The van der Waals surface area contributed by atoms with E-state index >= 15 is 0 Å². The first-order valence-corrected chi connectivity index (χ1v) is 10.4. The van der Waals surface area contributed by atoms with E-state index in [0.717, 1.165) is 28.1 Å². The number of ether oxygens (including phenoxy) is 2. The molecule has 3 nitrogen and oxygen atoms in total. The Morgan fingerprint density at radius 2 is 1.92 bits per heavy atom. The first-order chi connectivity index (χ1) is 12.7. The second kappa shape index (κ2) is 9.63. The molecule has 5 heteroatoms. The van der Waals surface area contributed by atoms with Crippen LogP contribution in [0.3, 0.4) is 0 Å². The number of hydrogen-bond donors (Lipinski definition) is 1. The van der Waals surface area contributed by atoms with Crippen LogP contribution < -0.4 is 14.8 Å². The third kappa shape index (κ3) is 5.38. The molecule has 1 aliphatic rings. The highest BCUT2D eigenvalue weighted by atomic mass is 79.9. The molecular formula is C21H25BrClNO2. The van der Waals surface area contributed by atoms with Gasteiger partial charge in [-0.15, -0.1) is 0 Å². The minimum atomic E-state index is 0.443. The molecule has 0 aromatic heterocycles. The van der Waals surface area contributed by atoms with E-state index in [2.05, 4.69) is 33.4 Å². The quantitative estimate of drug-likeness (QED) is 0.539. The minimum absolute atomic E-state index is 0.443. The lowest BCUT2D eigenvalue weighted by atomic mass is 10.1. The summed E-state index contributed by atoms with van der Waals surface area (Å²) in [7, 11) is 0. The van der Waals surface area contributed by atoms with Gasteiger partial charge in [0.1, 0.15) is 6.61 Å². The van der Waals surface area contributed by atoms with E-state index < -0.39 is 0 Å². The maximum atomic E-state index is 6.05. The standard InChI is InChI=1S/C21H25BrClNO2/c1-2-25-20-12-16(13-24-18-8-3-4-9-18)11-19(22)21(20)26-14-15-6-5-7-17(23)10-15/h5-7,10-12,18,24H,2-4,8-9,13-14H2,1H3. The summed E-state index contributed by atoms with van der Waals surface area (Å²) in [5, 5.41) is 4.36. The fourth-order valence-electron chi connectivity index (χ4n) is 3.30. The molecule has 0 radical (unpaired) electrons. The topological polar surface area (TPSA) is 30.5 Å². The first-order valence-electron chi connectivity index (χ1n) is 9.21. The second-order valence-electron chi connectivity index (χ2n) is 6.62. The van der Waals surface area contributed by atoms with Crippen molar-refractivity contribution in [3.63, 3.8) is 0 Å². The molecule has 0 unspecified atom stereocenters. The van der Waals surface area contributed by atoms with E-state index in [-0.39, 0.29) is 0 Å². The number of rotatable bonds is 8. The van der Waals surface area contributed by atoms with Gasteiger partial charge in [0.15, 0.2) is 11.5 Å². The van der Waals surface area contributed by atoms with Gasteiger partial charge in [0.25, 0.3) is 0 Å². The molecule has 0 spiro atoms. The fourth-order valence-corrected chi connectivity index (χ4v) is 4.12. The Kier molecular flexibility index (Phi) is 7.23. The summed E-state index contributed by atoms with van der Waals surface area (Å²) in [6, 6.07) is 12.5. The van der Waals surface area contributed by atoms with Crippen LogP contribution in [0.15, 0.2) is 40.9 Å². The molecule has 0 heterocycles. The molecule has 2 aromatic rings. The van der Waals surface area contributed by atoms with Crippen molar-refractivity contribution >= 4 is 27.5 Å². The Morgan fingerprint density at radius 1 is 1.12 bits per heavy atom. The van der Waals surface area contributed by atoms with Crippen LogP contribution in [-0.4, -0.2) is 12.6 Å². The monoisotopic (exact) mass is 437 g/mol. The van der Waals surface area contributed by atoms with Crippen LogP contribution in [0.2, 0.25) is 5.02 Å². The highest BCUT2D eigenvalue weighted by Gasteiger charge is 2.16. The van der Waals surface area contributed by atoms with Crippen molar-refractivity contribution in [3.8, 4) is 11.5 Å². The number of halogens is 2. The summed E-state index contributed by atoms with van der Waals surface area (Å²) in [5.41, 5.74) is 2.22. The summed E-state index contributed by atoms with van der Waals surface area (Å²) >= 11 is 9.70. The zero-order valence-electron chi connectivity index (χ0n) is 15.1. The predicted octanol–water partition coefficient (Wildman–Crippen LogP) is 6.11. The van der Waals surface area contributed by atoms with Gasteiger partial charge in [0.05, 0.1) is 11.1 Å². The molecule has 1 fully saturated rings. The van der Waals surface area contributed by atoms with Crippen molar-refractivity contribution in [2.45, 2.75) is 51.8 Å². The van der Waals surface area contributed by atoms with Gasteiger partial charge in [0.2, 0.25) is 0 Å². The highest BCUT2D eigenvalue weighted by molar-refractivity contribution is 9.10. The molecule has 1 saturated carbocycles. The van der Waals surface area contributed by atoms with Crippen molar-refractivity contribution < 1.29 is 9.47 Å². The van der Waals surface area contributed by atoms with Crippen LogP contribution >= 0.6 is 27.5 Å². The fraction of sp³-hybridized carbons (Fsp3) is 0.429. The molecule has 0 amide bonds. The Labute approximate surface area is 169 Å². The highest BCUT2D eigenvalue weighted by Crippen LogP contribution is 2.37.